The number of carbonyl (C=O) groups excluding carboxylic acids is 4. The second-order valence-corrected chi connectivity index (χ2v) is 5.59. The van der Waals surface area contributed by atoms with Crippen LogP contribution >= 0.6 is 0 Å². The lowest BCUT2D eigenvalue weighted by molar-refractivity contribution is 0.0962. The molecule has 0 aliphatic heterocycles. The van der Waals surface area contributed by atoms with Gasteiger partial charge in [-0.3, -0.25) is 19.2 Å². The van der Waals surface area contributed by atoms with Crippen LogP contribution in [0.1, 0.15) is 41.4 Å². The zero-order valence-corrected chi connectivity index (χ0v) is 12.4. The molecule has 0 N–H and O–H groups in total. The van der Waals surface area contributed by atoms with Crippen molar-refractivity contribution in [2.24, 2.45) is 0 Å². The molecule has 24 heavy (non-hydrogen) atoms. The fourth-order valence-corrected chi connectivity index (χ4v) is 3.03. The van der Waals surface area contributed by atoms with Gasteiger partial charge in [0.25, 0.3) is 0 Å². The zero-order valence-electron chi connectivity index (χ0n) is 12.4. The average Bonchev–Trinajstić information content (AvgIpc) is 2.61. The zero-order chi connectivity index (χ0) is 16.8. The van der Waals surface area contributed by atoms with E-state index in [4.69, 9.17) is 0 Å². The van der Waals surface area contributed by atoms with Crippen molar-refractivity contribution in [1.29, 1.82) is 0 Å². The summed E-state index contributed by atoms with van der Waals surface area (Å²) in [6.07, 6.45) is 2.30. The summed E-state index contributed by atoms with van der Waals surface area (Å²) in [5.41, 5.74) is 1.07. The maximum absolute atomic E-state index is 12.7. The summed E-state index contributed by atoms with van der Waals surface area (Å²) in [6.45, 7) is 0. The van der Waals surface area contributed by atoms with E-state index in [-0.39, 0.29) is 33.8 Å². The number of rotatable bonds is 1. The highest BCUT2D eigenvalue weighted by molar-refractivity contribution is 6.34. The molecular formula is C20H10O4. The number of hydrogen-bond acceptors (Lipinski definition) is 4. The molecule has 0 saturated carbocycles. The van der Waals surface area contributed by atoms with E-state index in [9.17, 15) is 19.2 Å². The normalized spacial score (nSPS) is 16.3. The van der Waals surface area contributed by atoms with Crippen LogP contribution in [0.15, 0.2) is 71.8 Å². The molecule has 0 spiro atoms. The highest BCUT2D eigenvalue weighted by atomic mass is 16.1. The van der Waals surface area contributed by atoms with Gasteiger partial charge < -0.3 is 0 Å². The lowest BCUT2D eigenvalue weighted by Crippen LogP contribution is -2.24. The van der Waals surface area contributed by atoms with Gasteiger partial charge >= 0.3 is 0 Å². The quantitative estimate of drug-likeness (QED) is 0.811. The molecule has 0 heterocycles. The van der Waals surface area contributed by atoms with E-state index >= 15 is 0 Å². The van der Waals surface area contributed by atoms with Gasteiger partial charge in [0, 0.05) is 33.4 Å². The Bertz CT molecular complexity index is 938. The number of fused-ring (bicyclic) bond motifs is 2. The number of hydrogen-bond donors (Lipinski definition) is 0. The Balaban J connectivity index is 1.87. The van der Waals surface area contributed by atoms with Gasteiger partial charge in [-0.1, -0.05) is 48.5 Å². The van der Waals surface area contributed by atoms with Gasteiger partial charge in [-0.05, 0) is 12.2 Å². The van der Waals surface area contributed by atoms with Crippen LogP contribution in [0.5, 0.6) is 0 Å². The topological polar surface area (TPSA) is 68.3 Å². The summed E-state index contributed by atoms with van der Waals surface area (Å²) in [5, 5.41) is 0. The molecule has 0 saturated heterocycles. The average molecular weight is 314 g/mol. The van der Waals surface area contributed by atoms with Gasteiger partial charge in [-0.25, -0.2) is 0 Å². The van der Waals surface area contributed by atoms with Crippen molar-refractivity contribution in [2.75, 3.05) is 0 Å². The number of ketones is 4. The standard InChI is InChI=1S/C20H10O4/c21-17-9-15(19(23)13-7-3-1-5-11(13)17)16-10-18(22)12-6-2-4-8-14(12)20(16)24/h1-10H. The summed E-state index contributed by atoms with van der Waals surface area (Å²) < 4.78 is 0. The van der Waals surface area contributed by atoms with Crippen molar-refractivity contribution in [2.45, 2.75) is 0 Å². The van der Waals surface area contributed by atoms with E-state index in [1.165, 1.54) is 0 Å². The molecule has 0 bridgehead atoms. The number of allylic oxidation sites excluding steroid dienone is 4. The molecular weight excluding hydrogens is 304 g/mol. The molecule has 4 nitrogen and oxygen atoms in total. The van der Waals surface area contributed by atoms with Gasteiger partial charge in [-0.15, -0.1) is 0 Å². The van der Waals surface area contributed by atoms with Crippen molar-refractivity contribution >= 4 is 23.1 Å². The maximum atomic E-state index is 12.7. The predicted octanol–water partition coefficient (Wildman–Crippen LogP) is 3.00. The minimum Gasteiger partial charge on any atom is -0.289 e. The Kier molecular flexibility index (Phi) is 3.00. The number of Topliss-reactive ketones (excluding diaryl/α,β-unsaturated/α-hetero) is 2. The van der Waals surface area contributed by atoms with Crippen molar-refractivity contribution in [3.63, 3.8) is 0 Å². The highest BCUT2D eigenvalue weighted by Crippen LogP contribution is 2.31. The van der Waals surface area contributed by atoms with Crippen LogP contribution in [-0.2, 0) is 0 Å². The third-order valence-electron chi connectivity index (χ3n) is 4.20. The molecule has 4 rings (SSSR count). The first-order valence-electron chi connectivity index (χ1n) is 7.38. The Morgan fingerprint density at radius 2 is 0.792 bits per heavy atom. The fraction of sp³-hybridized carbons (Fsp3) is 0. The molecule has 0 fully saturated rings. The van der Waals surface area contributed by atoms with Gasteiger partial charge in [-0.2, -0.15) is 0 Å². The van der Waals surface area contributed by atoms with E-state index in [0.717, 1.165) is 12.2 Å². The van der Waals surface area contributed by atoms with Crippen LogP contribution < -0.4 is 0 Å². The monoisotopic (exact) mass is 314 g/mol. The minimum atomic E-state index is -0.419. The van der Waals surface area contributed by atoms with E-state index in [0.29, 0.717) is 11.1 Å². The van der Waals surface area contributed by atoms with Crippen LogP contribution in [0.4, 0.5) is 0 Å². The van der Waals surface area contributed by atoms with Crippen LogP contribution in [0, 0.1) is 0 Å². The van der Waals surface area contributed by atoms with Crippen LogP contribution in [0.2, 0.25) is 0 Å². The van der Waals surface area contributed by atoms with Crippen LogP contribution in [0.3, 0.4) is 0 Å². The molecule has 2 aliphatic rings. The molecule has 4 heteroatoms. The van der Waals surface area contributed by atoms with Crippen molar-refractivity contribution in [3.05, 3.63) is 94.1 Å². The van der Waals surface area contributed by atoms with Crippen LogP contribution in [-0.4, -0.2) is 23.1 Å². The summed E-state index contributed by atoms with van der Waals surface area (Å²) in [4.78, 5) is 49.9. The maximum Gasteiger partial charge on any atom is 0.194 e. The van der Waals surface area contributed by atoms with E-state index in [1.54, 1.807) is 48.5 Å². The van der Waals surface area contributed by atoms with E-state index in [2.05, 4.69) is 0 Å². The summed E-state index contributed by atoms with van der Waals surface area (Å²) in [7, 11) is 0. The van der Waals surface area contributed by atoms with Crippen molar-refractivity contribution in [1.82, 2.24) is 0 Å². The van der Waals surface area contributed by atoms with Crippen molar-refractivity contribution < 1.29 is 19.2 Å². The summed E-state index contributed by atoms with van der Waals surface area (Å²) in [6, 6.07) is 12.9. The summed E-state index contributed by atoms with van der Waals surface area (Å²) in [5.74, 6) is -1.53. The minimum absolute atomic E-state index is 0.0217. The second kappa shape index (κ2) is 5.06. The SMILES string of the molecule is O=C1C=C(C2=CC(=O)c3ccccc3C2=O)C(=O)c2ccccc21. The van der Waals surface area contributed by atoms with Crippen molar-refractivity contribution in [3.8, 4) is 0 Å². The summed E-state index contributed by atoms with van der Waals surface area (Å²) >= 11 is 0. The van der Waals surface area contributed by atoms with E-state index < -0.39 is 11.6 Å². The van der Waals surface area contributed by atoms with Gasteiger partial charge in [0.05, 0.1) is 0 Å². The molecule has 2 aliphatic carbocycles. The molecule has 0 atom stereocenters. The van der Waals surface area contributed by atoms with E-state index in [1.807, 2.05) is 0 Å². The second-order valence-electron chi connectivity index (χ2n) is 5.59. The molecule has 0 radical (unpaired) electrons. The lowest BCUT2D eigenvalue weighted by atomic mass is 9.80. The van der Waals surface area contributed by atoms with Gasteiger partial charge in [0.2, 0.25) is 0 Å². The largest absolute Gasteiger partial charge is 0.289 e. The first-order chi connectivity index (χ1) is 11.6. The highest BCUT2D eigenvalue weighted by Gasteiger charge is 2.33. The molecule has 0 aromatic heterocycles. The molecule has 2 aromatic carbocycles. The lowest BCUT2D eigenvalue weighted by Gasteiger charge is -2.19. The number of benzene rings is 2. The first kappa shape index (κ1) is 14.2. The molecule has 0 amide bonds. The fourth-order valence-electron chi connectivity index (χ4n) is 3.03. The van der Waals surface area contributed by atoms with Gasteiger partial charge in [0.15, 0.2) is 23.1 Å². The molecule has 2 aromatic rings. The van der Waals surface area contributed by atoms with Gasteiger partial charge in [0.1, 0.15) is 0 Å². The predicted molar refractivity (Wildman–Crippen MR) is 86.4 cm³/mol. The Morgan fingerprint density at radius 1 is 0.458 bits per heavy atom. The smallest absolute Gasteiger partial charge is 0.194 e. The molecule has 114 valence electrons. The molecule has 0 unspecified atom stereocenters. The Hall–Kier alpha value is -3.40. The van der Waals surface area contributed by atoms with Crippen LogP contribution in [0.25, 0.3) is 0 Å². The Morgan fingerprint density at radius 3 is 1.17 bits per heavy atom. The first-order valence-corrected chi connectivity index (χ1v) is 7.38. The Labute approximate surface area is 137 Å². The number of carbonyl (C=O) groups is 4. The third-order valence-corrected chi connectivity index (χ3v) is 4.20. The third kappa shape index (κ3) is 1.93.